The van der Waals surface area contributed by atoms with E-state index in [0.717, 1.165) is 25.0 Å². The minimum atomic E-state index is 0.169. The van der Waals surface area contributed by atoms with Gasteiger partial charge in [-0.25, -0.2) is 0 Å². The third-order valence-electron chi connectivity index (χ3n) is 5.13. The van der Waals surface area contributed by atoms with Gasteiger partial charge in [-0.05, 0) is 45.1 Å². The van der Waals surface area contributed by atoms with Gasteiger partial charge in [0.15, 0.2) is 0 Å². The molecule has 3 atom stereocenters. The molecule has 0 aromatic carbocycles. The van der Waals surface area contributed by atoms with Crippen molar-refractivity contribution in [2.45, 2.75) is 63.7 Å². The minimum Gasteiger partial charge on any atom is -0.324 e. The molecule has 2 aliphatic rings. The second-order valence-corrected chi connectivity index (χ2v) is 6.34. The molecule has 2 aliphatic heterocycles. The second kappa shape index (κ2) is 5.25. The zero-order valence-corrected chi connectivity index (χ0v) is 12.1. The van der Waals surface area contributed by atoms with E-state index in [2.05, 4.69) is 30.2 Å². The Bertz CT molecular complexity index is 414. The summed E-state index contributed by atoms with van der Waals surface area (Å²) in [6.45, 7) is 3.17. The van der Waals surface area contributed by atoms with Gasteiger partial charge in [-0.3, -0.25) is 4.68 Å². The summed E-state index contributed by atoms with van der Waals surface area (Å²) in [4.78, 5) is 2.57. The van der Waals surface area contributed by atoms with Crippen LogP contribution in [0.5, 0.6) is 0 Å². The molecule has 4 nitrogen and oxygen atoms in total. The lowest BCUT2D eigenvalue weighted by atomic mass is 9.83. The van der Waals surface area contributed by atoms with E-state index in [1.807, 2.05) is 10.9 Å². The van der Waals surface area contributed by atoms with Crippen LogP contribution in [0.1, 0.15) is 50.6 Å². The quantitative estimate of drug-likeness (QED) is 0.904. The number of hydrogen-bond acceptors (Lipinski definition) is 3. The number of aryl methyl sites for hydroxylation is 1. The molecule has 1 aromatic heterocycles. The molecule has 3 heterocycles. The Hall–Kier alpha value is -0.870. The molecule has 3 rings (SSSR count). The molecule has 2 bridgehead atoms. The summed E-state index contributed by atoms with van der Waals surface area (Å²) in [5, 5.41) is 4.42. The van der Waals surface area contributed by atoms with E-state index < -0.39 is 0 Å². The third-order valence-corrected chi connectivity index (χ3v) is 5.13. The SMILES string of the molecule is CCCn1cc(C(N)C2CC3CCC(C2)N3C)cn1. The normalized spacial score (nSPS) is 32.7. The van der Waals surface area contributed by atoms with Crippen LogP contribution in [0.3, 0.4) is 0 Å². The first-order chi connectivity index (χ1) is 9.19. The summed E-state index contributed by atoms with van der Waals surface area (Å²) in [6, 6.07) is 1.70. The number of nitrogens with zero attached hydrogens (tertiary/aromatic N) is 3. The summed E-state index contributed by atoms with van der Waals surface area (Å²) in [5.74, 6) is 0.632. The predicted molar refractivity (Wildman–Crippen MR) is 76.7 cm³/mol. The number of rotatable bonds is 4. The zero-order valence-electron chi connectivity index (χ0n) is 12.1. The zero-order chi connectivity index (χ0) is 13.4. The molecule has 0 radical (unpaired) electrons. The Morgan fingerprint density at radius 2 is 2.05 bits per heavy atom. The van der Waals surface area contributed by atoms with Crippen molar-refractivity contribution in [2.75, 3.05) is 7.05 Å². The van der Waals surface area contributed by atoms with Crippen molar-refractivity contribution >= 4 is 0 Å². The smallest absolute Gasteiger partial charge is 0.0537 e. The Balaban J connectivity index is 1.68. The lowest BCUT2D eigenvalue weighted by molar-refractivity contribution is 0.121. The molecule has 0 aliphatic carbocycles. The van der Waals surface area contributed by atoms with Gasteiger partial charge in [0.05, 0.1) is 6.20 Å². The van der Waals surface area contributed by atoms with E-state index in [0.29, 0.717) is 5.92 Å². The highest BCUT2D eigenvalue weighted by Gasteiger charge is 2.40. The van der Waals surface area contributed by atoms with Gasteiger partial charge in [0.25, 0.3) is 0 Å². The first-order valence-corrected chi connectivity index (χ1v) is 7.69. The van der Waals surface area contributed by atoms with Crippen LogP contribution in [0.25, 0.3) is 0 Å². The molecule has 19 heavy (non-hydrogen) atoms. The molecule has 0 saturated carbocycles. The van der Waals surface area contributed by atoms with Crippen molar-refractivity contribution in [2.24, 2.45) is 11.7 Å². The summed E-state index contributed by atoms with van der Waals surface area (Å²) in [6.07, 6.45) is 10.5. The largest absolute Gasteiger partial charge is 0.324 e. The Morgan fingerprint density at radius 1 is 1.37 bits per heavy atom. The molecular weight excluding hydrogens is 236 g/mol. The summed E-state index contributed by atoms with van der Waals surface area (Å²) in [5.41, 5.74) is 7.73. The van der Waals surface area contributed by atoms with Crippen molar-refractivity contribution in [1.29, 1.82) is 0 Å². The Kier molecular flexibility index (Phi) is 3.63. The van der Waals surface area contributed by atoms with Crippen molar-refractivity contribution in [3.05, 3.63) is 18.0 Å². The van der Waals surface area contributed by atoms with Crippen molar-refractivity contribution in [1.82, 2.24) is 14.7 Å². The van der Waals surface area contributed by atoms with Gasteiger partial charge in [0.2, 0.25) is 0 Å². The monoisotopic (exact) mass is 262 g/mol. The molecular formula is C15H26N4. The van der Waals surface area contributed by atoms with Crippen molar-refractivity contribution in [3.63, 3.8) is 0 Å². The lowest BCUT2D eigenvalue weighted by Crippen LogP contribution is -2.42. The van der Waals surface area contributed by atoms with Crippen LogP contribution in [0.4, 0.5) is 0 Å². The van der Waals surface area contributed by atoms with Crippen molar-refractivity contribution in [3.8, 4) is 0 Å². The number of piperidine rings is 1. The second-order valence-electron chi connectivity index (χ2n) is 6.34. The average molecular weight is 262 g/mol. The standard InChI is InChI=1S/C15H26N4/c1-3-6-19-10-12(9-17-19)15(16)11-7-13-4-5-14(8-11)18(13)2/h9-11,13-15H,3-8,16H2,1-2H3. The van der Waals surface area contributed by atoms with Gasteiger partial charge < -0.3 is 10.6 Å². The molecule has 1 aromatic rings. The topological polar surface area (TPSA) is 47.1 Å². The maximum absolute atomic E-state index is 6.51. The highest BCUT2D eigenvalue weighted by atomic mass is 15.3. The summed E-state index contributed by atoms with van der Waals surface area (Å²) < 4.78 is 2.03. The number of nitrogens with two attached hydrogens (primary N) is 1. The van der Waals surface area contributed by atoms with Crippen LogP contribution in [-0.2, 0) is 6.54 Å². The van der Waals surface area contributed by atoms with E-state index in [1.54, 1.807) is 0 Å². The number of aromatic nitrogens is 2. The Labute approximate surface area is 116 Å². The molecule has 0 amide bonds. The van der Waals surface area contributed by atoms with E-state index >= 15 is 0 Å². The molecule has 106 valence electrons. The van der Waals surface area contributed by atoms with Gasteiger partial charge >= 0.3 is 0 Å². The van der Waals surface area contributed by atoms with E-state index in [1.165, 1.54) is 31.2 Å². The van der Waals surface area contributed by atoms with Gasteiger partial charge in [0, 0.05) is 36.4 Å². The van der Waals surface area contributed by atoms with Crippen LogP contribution >= 0.6 is 0 Å². The fraction of sp³-hybridized carbons (Fsp3) is 0.800. The van der Waals surface area contributed by atoms with Crippen LogP contribution in [0, 0.1) is 5.92 Å². The van der Waals surface area contributed by atoms with Gasteiger partial charge in [-0.1, -0.05) is 6.92 Å². The molecule has 0 spiro atoms. The number of hydrogen-bond donors (Lipinski definition) is 1. The van der Waals surface area contributed by atoms with Crippen LogP contribution in [-0.4, -0.2) is 33.8 Å². The Morgan fingerprint density at radius 3 is 2.68 bits per heavy atom. The summed E-state index contributed by atoms with van der Waals surface area (Å²) in [7, 11) is 2.28. The molecule has 2 N–H and O–H groups in total. The van der Waals surface area contributed by atoms with Gasteiger partial charge in [0.1, 0.15) is 0 Å². The predicted octanol–water partition coefficient (Wildman–Crippen LogP) is 2.17. The van der Waals surface area contributed by atoms with Crippen molar-refractivity contribution < 1.29 is 0 Å². The number of fused-ring (bicyclic) bond motifs is 2. The van der Waals surface area contributed by atoms with Gasteiger partial charge in [-0.2, -0.15) is 5.10 Å². The summed E-state index contributed by atoms with van der Waals surface area (Å²) >= 11 is 0. The fourth-order valence-corrected chi connectivity index (χ4v) is 3.92. The van der Waals surface area contributed by atoms with E-state index in [9.17, 15) is 0 Å². The maximum atomic E-state index is 6.51. The molecule has 4 heteroatoms. The molecule has 3 unspecified atom stereocenters. The fourth-order valence-electron chi connectivity index (χ4n) is 3.92. The van der Waals surface area contributed by atoms with E-state index in [4.69, 9.17) is 5.73 Å². The van der Waals surface area contributed by atoms with Gasteiger partial charge in [-0.15, -0.1) is 0 Å². The third kappa shape index (κ3) is 2.43. The molecule has 2 fully saturated rings. The first-order valence-electron chi connectivity index (χ1n) is 7.69. The first kappa shape index (κ1) is 13.1. The lowest BCUT2D eigenvalue weighted by Gasteiger charge is -2.38. The van der Waals surface area contributed by atoms with Crippen LogP contribution < -0.4 is 5.73 Å². The maximum Gasteiger partial charge on any atom is 0.0537 e. The molecule has 2 saturated heterocycles. The highest BCUT2D eigenvalue weighted by Crippen LogP contribution is 2.41. The van der Waals surface area contributed by atoms with E-state index in [-0.39, 0.29) is 6.04 Å². The minimum absolute atomic E-state index is 0.169. The van der Waals surface area contributed by atoms with Crippen LogP contribution in [0.15, 0.2) is 12.4 Å². The average Bonchev–Trinajstić information content (AvgIpc) is 2.91. The van der Waals surface area contributed by atoms with Crippen LogP contribution in [0.2, 0.25) is 0 Å². The highest BCUT2D eigenvalue weighted by molar-refractivity contribution is 5.13.